The Morgan fingerprint density at radius 2 is 1.96 bits per heavy atom. The first-order valence-corrected chi connectivity index (χ1v) is 8.85. The van der Waals surface area contributed by atoms with Crippen molar-refractivity contribution in [3.8, 4) is 11.5 Å². The molecule has 5 heteroatoms. The van der Waals surface area contributed by atoms with Crippen molar-refractivity contribution in [3.05, 3.63) is 53.3 Å². The molecule has 5 nitrogen and oxygen atoms in total. The summed E-state index contributed by atoms with van der Waals surface area (Å²) < 4.78 is 11.5. The number of aromatic nitrogens is 1. The number of carbonyl (C=O) groups is 1. The van der Waals surface area contributed by atoms with E-state index in [4.69, 9.17) is 9.47 Å². The maximum absolute atomic E-state index is 12.9. The fraction of sp³-hybridized carbons (Fsp3) is 0.400. The van der Waals surface area contributed by atoms with Crippen LogP contribution in [0, 0.1) is 6.92 Å². The van der Waals surface area contributed by atoms with Crippen LogP contribution in [0.2, 0.25) is 0 Å². The minimum Gasteiger partial charge on any atom is -0.490 e. The van der Waals surface area contributed by atoms with Gasteiger partial charge in [0.05, 0.1) is 24.8 Å². The van der Waals surface area contributed by atoms with E-state index in [9.17, 15) is 4.79 Å². The summed E-state index contributed by atoms with van der Waals surface area (Å²) >= 11 is 0. The normalized spacial score (nSPS) is 19.6. The summed E-state index contributed by atoms with van der Waals surface area (Å²) in [6.07, 6.45) is 4.52. The third-order valence-corrected chi connectivity index (χ3v) is 4.83. The molecule has 1 fully saturated rings. The van der Waals surface area contributed by atoms with Crippen molar-refractivity contribution < 1.29 is 14.3 Å². The van der Waals surface area contributed by atoms with Crippen molar-refractivity contribution >= 4 is 5.91 Å². The predicted molar refractivity (Wildman–Crippen MR) is 94.0 cm³/mol. The van der Waals surface area contributed by atoms with Crippen LogP contribution in [-0.2, 0) is 0 Å². The molecule has 0 saturated carbocycles. The van der Waals surface area contributed by atoms with E-state index in [2.05, 4.69) is 11.1 Å². The molecule has 1 atom stereocenters. The Morgan fingerprint density at radius 3 is 2.76 bits per heavy atom. The zero-order valence-electron chi connectivity index (χ0n) is 14.4. The maximum Gasteiger partial charge on any atom is 0.255 e. The van der Waals surface area contributed by atoms with Crippen LogP contribution in [0.3, 0.4) is 0 Å². The monoisotopic (exact) mass is 338 g/mol. The molecule has 0 unspecified atom stereocenters. The van der Waals surface area contributed by atoms with E-state index in [0.717, 1.165) is 48.6 Å². The maximum atomic E-state index is 12.9. The van der Waals surface area contributed by atoms with Gasteiger partial charge < -0.3 is 14.4 Å². The van der Waals surface area contributed by atoms with Crippen molar-refractivity contribution in [1.29, 1.82) is 0 Å². The van der Waals surface area contributed by atoms with Gasteiger partial charge in [-0.2, -0.15) is 0 Å². The van der Waals surface area contributed by atoms with Crippen LogP contribution >= 0.6 is 0 Å². The number of rotatable bonds is 2. The number of aryl methyl sites for hydroxylation is 1. The smallest absolute Gasteiger partial charge is 0.255 e. The zero-order valence-corrected chi connectivity index (χ0v) is 14.4. The second-order valence-electron chi connectivity index (χ2n) is 6.60. The Hall–Kier alpha value is -2.56. The Balaban J connectivity index is 1.60. The second-order valence-corrected chi connectivity index (χ2v) is 6.60. The van der Waals surface area contributed by atoms with E-state index in [1.807, 2.05) is 36.1 Å². The van der Waals surface area contributed by atoms with Crippen molar-refractivity contribution in [3.63, 3.8) is 0 Å². The topological polar surface area (TPSA) is 51.7 Å². The fourth-order valence-electron chi connectivity index (χ4n) is 3.50. The first kappa shape index (κ1) is 15.9. The molecule has 0 N–H and O–H groups in total. The lowest BCUT2D eigenvalue weighted by Crippen LogP contribution is -2.30. The van der Waals surface area contributed by atoms with Gasteiger partial charge in [0.2, 0.25) is 0 Å². The number of hydrogen-bond donors (Lipinski definition) is 0. The van der Waals surface area contributed by atoms with Crippen LogP contribution in [0.5, 0.6) is 11.5 Å². The van der Waals surface area contributed by atoms with Crippen LogP contribution < -0.4 is 9.47 Å². The number of likely N-dealkylation sites (tertiary alicyclic amines) is 1. The van der Waals surface area contributed by atoms with Crippen molar-refractivity contribution in [2.45, 2.75) is 32.2 Å². The lowest BCUT2D eigenvalue weighted by atomic mass is 10.0. The van der Waals surface area contributed by atoms with Gasteiger partial charge in [-0.1, -0.05) is 6.07 Å². The molecule has 0 radical (unpaired) electrons. The summed E-state index contributed by atoms with van der Waals surface area (Å²) in [5.74, 6) is 1.62. The molecular formula is C20H22N2O3. The molecule has 1 saturated heterocycles. The number of pyridine rings is 1. The van der Waals surface area contributed by atoms with Crippen LogP contribution in [0.4, 0.5) is 0 Å². The molecule has 1 aromatic carbocycles. The van der Waals surface area contributed by atoms with E-state index in [-0.39, 0.29) is 11.9 Å². The highest BCUT2D eigenvalue weighted by atomic mass is 16.5. The highest BCUT2D eigenvalue weighted by Gasteiger charge is 2.31. The van der Waals surface area contributed by atoms with Crippen LogP contribution in [0.15, 0.2) is 36.5 Å². The van der Waals surface area contributed by atoms with Gasteiger partial charge >= 0.3 is 0 Å². The number of carbonyl (C=O) groups excluding carboxylic acids is 1. The van der Waals surface area contributed by atoms with Gasteiger partial charge in [-0.15, -0.1) is 0 Å². The number of nitrogens with zero attached hydrogens (tertiary/aromatic N) is 2. The third-order valence-electron chi connectivity index (χ3n) is 4.83. The van der Waals surface area contributed by atoms with Crippen LogP contribution in [0.25, 0.3) is 0 Å². The minimum absolute atomic E-state index is 0.0436. The van der Waals surface area contributed by atoms with Crippen LogP contribution in [-0.4, -0.2) is 35.5 Å². The standard InChI is InChI=1S/C20H22N2O3/c1-14-5-6-16(13-21-14)20(23)22-9-2-4-17(22)15-7-8-18-19(12-15)25-11-3-10-24-18/h5-8,12-13,17H,2-4,9-11H2,1H3/t17-/m1/s1. The summed E-state index contributed by atoms with van der Waals surface area (Å²) in [5.41, 5.74) is 2.67. The lowest BCUT2D eigenvalue weighted by molar-refractivity contribution is 0.0735. The summed E-state index contributed by atoms with van der Waals surface area (Å²) in [7, 11) is 0. The Kier molecular flexibility index (Phi) is 4.30. The van der Waals surface area contributed by atoms with Crippen molar-refractivity contribution in [1.82, 2.24) is 9.88 Å². The van der Waals surface area contributed by atoms with Gasteiger partial charge in [-0.25, -0.2) is 0 Å². The number of hydrogen-bond acceptors (Lipinski definition) is 4. The molecule has 2 aliphatic rings. The van der Waals surface area contributed by atoms with Gasteiger partial charge in [0.1, 0.15) is 0 Å². The first-order chi connectivity index (χ1) is 12.2. The average molecular weight is 338 g/mol. The first-order valence-electron chi connectivity index (χ1n) is 8.85. The molecule has 0 spiro atoms. The van der Waals surface area contributed by atoms with E-state index in [1.54, 1.807) is 6.20 Å². The largest absolute Gasteiger partial charge is 0.490 e. The Labute approximate surface area is 147 Å². The van der Waals surface area contributed by atoms with Crippen molar-refractivity contribution in [2.24, 2.45) is 0 Å². The fourth-order valence-corrected chi connectivity index (χ4v) is 3.50. The molecular weight excluding hydrogens is 316 g/mol. The van der Waals surface area contributed by atoms with Gasteiger partial charge in [-0.3, -0.25) is 9.78 Å². The van der Waals surface area contributed by atoms with Crippen LogP contribution in [0.1, 0.15) is 46.9 Å². The minimum atomic E-state index is 0.0436. The van der Waals surface area contributed by atoms with Gasteiger partial charge in [0.15, 0.2) is 11.5 Å². The Morgan fingerprint density at radius 1 is 1.12 bits per heavy atom. The SMILES string of the molecule is Cc1ccc(C(=O)N2CCC[C@@H]2c2ccc3c(c2)OCCCO3)cn1. The molecule has 2 aliphatic heterocycles. The molecule has 25 heavy (non-hydrogen) atoms. The van der Waals surface area contributed by atoms with Gasteiger partial charge in [0, 0.05) is 24.9 Å². The predicted octanol–water partition coefficient (Wildman–Crippen LogP) is 3.53. The third kappa shape index (κ3) is 3.18. The highest BCUT2D eigenvalue weighted by Crippen LogP contribution is 2.38. The van der Waals surface area contributed by atoms with E-state index in [1.165, 1.54) is 0 Å². The van der Waals surface area contributed by atoms with Gasteiger partial charge in [-0.05, 0) is 49.6 Å². The molecule has 1 amide bonds. The molecule has 1 aromatic heterocycles. The van der Waals surface area contributed by atoms with Crippen molar-refractivity contribution in [2.75, 3.05) is 19.8 Å². The number of fused-ring (bicyclic) bond motifs is 1. The quantitative estimate of drug-likeness (QED) is 0.840. The Bertz CT molecular complexity index is 773. The number of amides is 1. The summed E-state index contributed by atoms with van der Waals surface area (Å²) in [6, 6.07) is 9.86. The average Bonchev–Trinajstić information content (AvgIpc) is 3.00. The van der Waals surface area contributed by atoms with Gasteiger partial charge in [0.25, 0.3) is 5.91 Å². The lowest BCUT2D eigenvalue weighted by Gasteiger charge is -2.25. The summed E-state index contributed by atoms with van der Waals surface area (Å²) in [4.78, 5) is 19.1. The molecule has 0 aliphatic carbocycles. The number of benzene rings is 1. The number of ether oxygens (including phenoxy) is 2. The molecule has 130 valence electrons. The highest BCUT2D eigenvalue weighted by molar-refractivity contribution is 5.94. The van der Waals surface area contributed by atoms with E-state index >= 15 is 0 Å². The summed E-state index contributed by atoms with van der Waals surface area (Å²) in [5, 5.41) is 0. The molecule has 0 bridgehead atoms. The van der Waals surface area contributed by atoms with E-state index in [0.29, 0.717) is 18.8 Å². The molecule has 3 heterocycles. The summed E-state index contributed by atoms with van der Waals surface area (Å²) in [6.45, 7) is 4.04. The second kappa shape index (κ2) is 6.75. The molecule has 2 aromatic rings. The zero-order chi connectivity index (χ0) is 17.2. The van der Waals surface area contributed by atoms with E-state index < -0.39 is 0 Å². The molecule has 4 rings (SSSR count).